The highest BCUT2D eigenvalue weighted by Gasteiger charge is 2.46. The lowest BCUT2D eigenvalue weighted by Gasteiger charge is -2.18. The molecule has 0 heterocycles. The fourth-order valence-electron chi connectivity index (χ4n) is 2.11. The van der Waals surface area contributed by atoms with Gasteiger partial charge < -0.3 is 10.2 Å². The Balaban J connectivity index is 2.29. The van der Waals surface area contributed by atoms with E-state index >= 15 is 0 Å². The average Bonchev–Trinajstić information content (AvgIpc) is 2.53. The van der Waals surface area contributed by atoms with Crippen LogP contribution in [0.5, 0.6) is 0 Å². The highest BCUT2D eigenvalue weighted by atomic mass is 35.5. The molecule has 0 bridgehead atoms. The first-order valence-electron chi connectivity index (χ1n) is 7.13. The molecule has 5 nitrogen and oxygen atoms in total. The third-order valence-corrected chi connectivity index (χ3v) is 5.16. The second-order valence-corrected chi connectivity index (χ2v) is 7.86. The Hall–Kier alpha value is -2.26. The Morgan fingerprint density at radius 3 is 2.15 bits per heavy atom. The second kappa shape index (κ2) is 7.16. The van der Waals surface area contributed by atoms with E-state index in [1.54, 1.807) is 31.1 Å². The zero-order valence-electron chi connectivity index (χ0n) is 13.6. The minimum absolute atomic E-state index is 0.00388. The van der Waals surface area contributed by atoms with Crippen molar-refractivity contribution >= 4 is 38.7 Å². The first-order chi connectivity index (χ1) is 11.9. The third kappa shape index (κ3) is 4.10. The van der Waals surface area contributed by atoms with Gasteiger partial charge in [0.25, 0.3) is 15.7 Å². The molecule has 10 heteroatoms. The predicted molar refractivity (Wildman–Crippen MR) is 93.4 cm³/mol. The molecule has 0 unspecified atom stereocenters. The van der Waals surface area contributed by atoms with Gasteiger partial charge in [-0.1, -0.05) is 11.6 Å². The van der Waals surface area contributed by atoms with Gasteiger partial charge in [0.2, 0.25) is 0 Å². The molecule has 2 aromatic rings. The van der Waals surface area contributed by atoms with Gasteiger partial charge in [-0.2, -0.15) is 13.2 Å². The number of hydrogen-bond acceptors (Lipinski definition) is 4. The minimum atomic E-state index is -5.46. The molecular formula is C16H14ClF3N2O3S. The van der Waals surface area contributed by atoms with E-state index in [1.165, 1.54) is 6.07 Å². The molecule has 0 aliphatic carbocycles. The second-order valence-electron chi connectivity index (χ2n) is 5.48. The molecule has 0 saturated carbocycles. The Kier molecular flexibility index (Phi) is 5.52. The van der Waals surface area contributed by atoms with Crippen LogP contribution in [0.2, 0.25) is 5.02 Å². The van der Waals surface area contributed by atoms with Gasteiger partial charge in [-0.3, -0.25) is 4.79 Å². The number of carbonyl (C=O) groups is 1. The van der Waals surface area contributed by atoms with Gasteiger partial charge in [-0.15, -0.1) is 0 Å². The molecule has 0 aromatic heterocycles. The number of nitrogens with zero attached hydrogens (tertiary/aromatic N) is 1. The fourth-order valence-corrected chi connectivity index (χ4v) is 3.05. The SMILES string of the molecule is CN(C)c1ccc(Cl)cc1NC(=O)c1ccc(S(=O)(=O)C(F)(F)F)cc1. The van der Waals surface area contributed by atoms with Crippen molar-refractivity contribution in [2.45, 2.75) is 10.4 Å². The number of hydrogen-bond donors (Lipinski definition) is 1. The van der Waals surface area contributed by atoms with Crippen LogP contribution in [-0.2, 0) is 9.84 Å². The van der Waals surface area contributed by atoms with Crippen molar-refractivity contribution in [3.8, 4) is 0 Å². The predicted octanol–water partition coefficient (Wildman–Crippen LogP) is 3.95. The molecule has 0 aliphatic rings. The number of amides is 1. The van der Waals surface area contributed by atoms with Gasteiger partial charge in [0, 0.05) is 24.7 Å². The molecule has 0 aliphatic heterocycles. The van der Waals surface area contributed by atoms with Gasteiger partial charge in [0.1, 0.15) is 0 Å². The number of nitrogens with one attached hydrogen (secondary N) is 1. The van der Waals surface area contributed by atoms with E-state index in [1.807, 2.05) is 0 Å². The number of benzene rings is 2. The molecule has 0 spiro atoms. The fraction of sp³-hybridized carbons (Fsp3) is 0.188. The number of alkyl halides is 3. The lowest BCUT2D eigenvalue weighted by atomic mass is 10.2. The van der Waals surface area contributed by atoms with Crippen molar-refractivity contribution in [2.75, 3.05) is 24.3 Å². The molecule has 26 heavy (non-hydrogen) atoms. The zero-order valence-corrected chi connectivity index (χ0v) is 15.2. The molecule has 1 N–H and O–H groups in total. The van der Waals surface area contributed by atoms with Gasteiger partial charge in [-0.05, 0) is 42.5 Å². The third-order valence-electron chi connectivity index (χ3n) is 3.42. The van der Waals surface area contributed by atoms with E-state index in [2.05, 4.69) is 5.32 Å². The van der Waals surface area contributed by atoms with Gasteiger partial charge in [0.05, 0.1) is 16.3 Å². The van der Waals surface area contributed by atoms with E-state index in [-0.39, 0.29) is 5.56 Å². The van der Waals surface area contributed by atoms with E-state index in [4.69, 9.17) is 11.6 Å². The number of anilines is 2. The summed E-state index contributed by atoms with van der Waals surface area (Å²) >= 11 is 5.92. The first kappa shape index (κ1) is 20.1. The van der Waals surface area contributed by atoms with Gasteiger partial charge in [0.15, 0.2) is 0 Å². The van der Waals surface area contributed by atoms with Crippen LogP contribution in [-0.4, -0.2) is 33.9 Å². The maximum absolute atomic E-state index is 12.5. The number of halogens is 4. The summed E-state index contributed by atoms with van der Waals surface area (Å²) in [5.41, 5.74) is -4.34. The molecule has 0 fully saturated rings. The highest BCUT2D eigenvalue weighted by Crippen LogP contribution is 2.31. The molecule has 1 amide bonds. The van der Waals surface area contributed by atoms with Gasteiger partial charge >= 0.3 is 5.51 Å². The Morgan fingerprint density at radius 2 is 1.65 bits per heavy atom. The first-order valence-corrected chi connectivity index (χ1v) is 8.99. The average molecular weight is 407 g/mol. The van der Waals surface area contributed by atoms with E-state index in [0.29, 0.717) is 16.4 Å². The van der Waals surface area contributed by atoms with Crippen LogP contribution in [0.1, 0.15) is 10.4 Å². The zero-order chi connectivity index (χ0) is 19.7. The summed E-state index contributed by atoms with van der Waals surface area (Å²) in [6, 6.07) is 8.35. The topological polar surface area (TPSA) is 66.5 Å². The van der Waals surface area contributed by atoms with Crippen molar-refractivity contribution in [2.24, 2.45) is 0 Å². The molecule has 0 atom stereocenters. The number of sulfone groups is 1. The number of carbonyl (C=O) groups excluding carboxylic acids is 1. The van der Waals surface area contributed by atoms with E-state index in [0.717, 1.165) is 24.3 Å². The minimum Gasteiger partial charge on any atom is -0.376 e. The maximum Gasteiger partial charge on any atom is 0.501 e. The monoisotopic (exact) mass is 406 g/mol. The van der Waals surface area contributed by atoms with Crippen LogP contribution in [0.3, 0.4) is 0 Å². The lowest BCUT2D eigenvalue weighted by molar-refractivity contribution is -0.0436. The van der Waals surface area contributed by atoms with Crippen LogP contribution < -0.4 is 10.2 Å². The highest BCUT2D eigenvalue weighted by molar-refractivity contribution is 7.92. The van der Waals surface area contributed by atoms with Crippen LogP contribution in [0.25, 0.3) is 0 Å². The Morgan fingerprint density at radius 1 is 1.08 bits per heavy atom. The lowest BCUT2D eigenvalue weighted by Crippen LogP contribution is -2.23. The van der Waals surface area contributed by atoms with Crippen molar-refractivity contribution in [3.05, 3.63) is 53.1 Å². The summed E-state index contributed by atoms with van der Waals surface area (Å²) in [6.45, 7) is 0. The Bertz CT molecular complexity index is 927. The molecule has 140 valence electrons. The Labute approximate surface area is 153 Å². The molecule has 2 rings (SSSR count). The van der Waals surface area contributed by atoms with Crippen LogP contribution in [0.15, 0.2) is 47.4 Å². The summed E-state index contributed by atoms with van der Waals surface area (Å²) in [5, 5.41) is 2.99. The smallest absolute Gasteiger partial charge is 0.376 e. The van der Waals surface area contributed by atoms with Crippen LogP contribution in [0.4, 0.5) is 24.5 Å². The van der Waals surface area contributed by atoms with E-state index in [9.17, 15) is 26.4 Å². The summed E-state index contributed by atoms with van der Waals surface area (Å²) in [5.74, 6) is -0.619. The molecule has 0 saturated heterocycles. The molecular weight excluding hydrogens is 393 g/mol. The summed E-state index contributed by atoms with van der Waals surface area (Å²) in [4.78, 5) is 13.1. The van der Waals surface area contributed by atoms with Crippen molar-refractivity contribution in [1.29, 1.82) is 0 Å². The van der Waals surface area contributed by atoms with E-state index < -0.39 is 26.1 Å². The normalized spacial score (nSPS) is 11.9. The largest absolute Gasteiger partial charge is 0.501 e. The number of rotatable bonds is 4. The summed E-state index contributed by atoms with van der Waals surface area (Å²) < 4.78 is 60.3. The van der Waals surface area contributed by atoms with Gasteiger partial charge in [-0.25, -0.2) is 8.42 Å². The quantitative estimate of drug-likeness (QED) is 0.834. The van der Waals surface area contributed by atoms with Crippen LogP contribution >= 0.6 is 11.6 Å². The summed E-state index contributed by atoms with van der Waals surface area (Å²) in [7, 11) is -1.94. The van der Waals surface area contributed by atoms with Crippen molar-refractivity contribution < 1.29 is 26.4 Å². The van der Waals surface area contributed by atoms with Crippen LogP contribution in [0, 0.1) is 0 Å². The molecule has 0 radical (unpaired) electrons. The summed E-state index contributed by atoms with van der Waals surface area (Å²) in [6.07, 6.45) is 0. The van der Waals surface area contributed by atoms with Crippen molar-refractivity contribution in [1.82, 2.24) is 0 Å². The standard InChI is InChI=1S/C16H14ClF3N2O3S/c1-22(2)14-8-5-11(17)9-13(14)21-15(23)10-3-6-12(7-4-10)26(24,25)16(18,19)20/h3-9H,1-2H3,(H,21,23). The maximum atomic E-state index is 12.5. The molecule has 2 aromatic carbocycles. The van der Waals surface area contributed by atoms with Crippen molar-refractivity contribution in [3.63, 3.8) is 0 Å².